The van der Waals surface area contributed by atoms with E-state index in [4.69, 9.17) is 17.0 Å². The van der Waals surface area contributed by atoms with Crippen molar-refractivity contribution in [1.82, 2.24) is 5.32 Å². The summed E-state index contributed by atoms with van der Waals surface area (Å²) in [6, 6.07) is 11.9. The number of hydrogen-bond donors (Lipinski definition) is 2. The highest BCUT2D eigenvalue weighted by molar-refractivity contribution is 7.80. The Kier molecular flexibility index (Phi) is 6.75. The summed E-state index contributed by atoms with van der Waals surface area (Å²) in [5.74, 6) is -0.314. The standard InChI is InChI=1S/C21H26N2O2S/c1-6-25-20(24)18-9-10-19(15(4)12-18)23-21(26)22-16(5)17-8-7-13(2)14(3)11-17/h7-12,16H,6H2,1-5H3,(H2,22,23,26)/t16-/m0/s1. The first-order chi connectivity index (χ1) is 12.3. The number of nitrogens with one attached hydrogen (secondary N) is 2. The predicted molar refractivity (Wildman–Crippen MR) is 111 cm³/mol. The number of esters is 1. The first-order valence-electron chi connectivity index (χ1n) is 8.74. The molecule has 5 heteroatoms. The van der Waals surface area contributed by atoms with Crippen molar-refractivity contribution < 1.29 is 9.53 Å². The molecule has 0 saturated carbocycles. The highest BCUT2D eigenvalue weighted by atomic mass is 32.1. The zero-order valence-electron chi connectivity index (χ0n) is 16.0. The van der Waals surface area contributed by atoms with Gasteiger partial charge in [-0.2, -0.15) is 0 Å². The minimum Gasteiger partial charge on any atom is -0.462 e. The van der Waals surface area contributed by atoms with Crippen molar-refractivity contribution in [2.45, 2.75) is 40.7 Å². The molecular formula is C21H26N2O2S. The van der Waals surface area contributed by atoms with Crippen LogP contribution in [0.4, 0.5) is 5.69 Å². The van der Waals surface area contributed by atoms with E-state index in [0.29, 0.717) is 17.3 Å². The van der Waals surface area contributed by atoms with Crippen LogP contribution in [0, 0.1) is 20.8 Å². The number of carbonyl (C=O) groups excluding carboxylic acids is 1. The van der Waals surface area contributed by atoms with E-state index in [9.17, 15) is 4.79 Å². The maximum absolute atomic E-state index is 11.8. The fourth-order valence-corrected chi connectivity index (χ4v) is 2.90. The molecule has 0 aliphatic heterocycles. The first-order valence-corrected chi connectivity index (χ1v) is 9.15. The average Bonchev–Trinajstić information content (AvgIpc) is 2.59. The van der Waals surface area contributed by atoms with Gasteiger partial charge in [-0.05, 0) is 87.3 Å². The predicted octanol–water partition coefficient (Wildman–Crippen LogP) is 4.84. The van der Waals surface area contributed by atoms with Gasteiger partial charge >= 0.3 is 5.97 Å². The molecule has 2 aromatic rings. The second kappa shape index (κ2) is 8.81. The molecule has 0 heterocycles. The maximum atomic E-state index is 11.8. The highest BCUT2D eigenvalue weighted by Gasteiger charge is 2.11. The highest BCUT2D eigenvalue weighted by Crippen LogP contribution is 2.19. The lowest BCUT2D eigenvalue weighted by Crippen LogP contribution is -2.31. The molecule has 2 aromatic carbocycles. The lowest BCUT2D eigenvalue weighted by atomic mass is 10.0. The summed E-state index contributed by atoms with van der Waals surface area (Å²) < 4.78 is 5.03. The smallest absolute Gasteiger partial charge is 0.338 e. The fourth-order valence-electron chi connectivity index (χ4n) is 2.62. The van der Waals surface area contributed by atoms with Gasteiger partial charge in [0.15, 0.2) is 5.11 Å². The van der Waals surface area contributed by atoms with Crippen molar-refractivity contribution in [3.8, 4) is 0 Å². The molecule has 26 heavy (non-hydrogen) atoms. The van der Waals surface area contributed by atoms with Crippen molar-refractivity contribution in [2.24, 2.45) is 0 Å². The second-order valence-corrected chi connectivity index (χ2v) is 6.82. The van der Waals surface area contributed by atoms with E-state index >= 15 is 0 Å². The Labute approximate surface area is 161 Å². The van der Waals surface area contributed by atoms with E-state index in [1.807, 2.05) is 13.0 Å². The van der Waals surface area contributed by atoms with Crippen LogP contribution < -0.4 is 10.6 Å². The summed E-state index contributed by atoms with van der Waals surface area (Å²) in [4.78, 5) is 11.8. The number of aryl methyl sites for hydroxylation is 3. The summed E-state index contributed by atoms with van der Waals surface area (Å²) in [7, 11) is 0. The molecule has 0 radical (unpaired) electrons. The van der Waals surface area contributed by atoms with E-state index in [2.05, 4.69) is 49.6 Å². The third kappa shape index (κ3) is 5.05. The molecular weight excluding hydrogens is 344 g/mol. The third-order valence-electron chi connectivity index (χ3n) is 4.36. The van der Waals surface area contributed by atoms with E-state index in [0.717, 1.165) is 11.3 Å². The SMILES string of the molecule is CCOC(=O)c1ccc(NC(=S)N[C@@H](C)c2ccc(C)c(C)c2)c(C)c1. The van der Waals surface area contributed by atoms with Crippen molar-refractivity contribution in [3.05, 3.63) is 64.2 Å². The summed E-state index contributed by atoms with van der Waals surface area (Å²) in [6.07, 6.45) is 0. The van der Waals surface area contributed by atoms with E-state index in [1.165, 1.54) is 16.7 Å². The number of hydrogen-bond acceptors (Lipinski definition) is 3. The molecule has 138 valence electrons. The second-order valence-electron chi connectivity index (χ2n) is 6.41. The average molecular weight is 371 g/mol. The topological polar surface area (TPSA) is 50.4 Å². The number of carbonyl (C=O) groups is 1. The Morgan fingerprint density at radius 2 is 1.81 bits per heavy atom. The van der Waals surface area contributed by atoms with Gasteiger partial charge in [0, 0.05) is 5.69 Å². The van der Waals surface area contributed by atoms with Crippen LogP contribution in [0.25, 0.3) is 0 Å². The van der Waals surface area contributed by atoms with Gasteiger partial charge in [-0.3, -0.25) is 0 Å². The Morgan fingerprint density at radius 3 is 2.42 bits per heavy atom. The number of benzene rings is 2. The molecule has 0 bridgehead atoms. The third-order valence-corrected chi connectivity index (χ3v) is 4.58. The molecule has 0 fully saturated rings. The largest absolute Gasteiger partial charge is 0.462 e. The minimum atomic E-state index is -0.314. The zero-order chi connectivity index (χ0) is 19.3. The summed E-state index contributed by atoms with van der Waals surface area (Å²) in [6.45, 7) is 10.4. The summed E-state index contributed by atoms with van der Waals surface area (Å²) in [5, 5.41) is 7.05. The Bertz CT molecular complexity index is 818. The molecule has 0 aliphatic carbocycles. The lowest BCUT2D eigenvalue weighted by molar-refractivity contribution is 0.0526. The molecule has 0 unspecified atom stereocenters. The Morgan fingerprint density at radius 1 is 1.08 bits per heavy atom. The van der Waals surface area contributed by atoms with Gasteiger partial charge in [-0.15, -0.1) is 0 Å². The number of ether oxygens (including phenoxy) is 1. The molecule has 0 saturated heterocycles. The number of thiocarbonyl (C=S) groups is 1. The van der Waals surface area contributed by atoms with E-state index in [-0.39, 0.29) is 12.0 Å². The fraction of sp³-hybridized carbons (Fsp3) is 0.333. The van der Waals surface area contributed by atoms with Gasteiger partial charge in [-0.25, -0.2) is 4.79 Å². The van der Waals surface area contributed by atoms with Crippen LogP contribution in [0.1, 0.15) is 52.5 Å². The van der Waals surface area contributed by atoms with Crippen molar-refractivity contribution >= 4 is 29.0 Å². The molecule has 4 nitrogen and oxygen atoms in total. The van der Waals surface area contributed by atoms with Crippen LogP contribution in [-0.2, 0) is 4.74 Å². The molecule has 0 aromatic heterocycles. The molecule has 0 spiro atoms. The first kappa shape index (κ1) is 19.9. The van der Waals surface area contributed by atoms with E-state index in [1.54, 1.807) is 19.1 Å². The van der Waals surface area contributed by atoms with Crippen LogP contribution in [-0.4, -0.2) is 17.7 Å². The summed E-state index contributed by atoms with van der Waals surface area (Å²) in [5.41, 5.74) is 6.06. The van der Waals surface area contributed by atoms with Crippen molar-refractivity contribution in [1.29, 1.82) is 0 Å². The summed E-state index contributed by atoms with van der Waals surface area (Å²) >= 11 is 5.44. The van der Waals surface area contributed by atoms with Crippen LogP contribution in [0.3, 0.4) is 0 Å². The van der Waals surface area contributed by atoms with Gasteiger partial charge in [0.05, 0.1) is 18.2 Å². The van der Waals surface area contributed by atoms with Crippen molar-refractivity contribution in [3.63, 3.8) is 0 Å². The van der Waals surface area contributed by atoms with Gasteiger partial charge in [0.25, 0.3) is 0 Å². The Hall–Kier alpha value is -2.40. The quantitative estimate of drug-likeness (QED) is 0.583. The zero-order valence-corrected chi connectivity index (χ0v) is 16.8. The van der Waals surface area contributed by atoms with Gasteiger partial charge < -0.3 is 15.4 Å². The van der Waals surface area contributed by atoms with E-state index < -0.39 is 0 Å². The molecule has 2 N–H and O–H groups in total. The minimum absolute atomic E-state index is 0.0911. The normalized spacial score (nSPS) is 11.6. The number of anilines is 1. The van der Waals surface area contributed by atoms with Crippen LogP contribution in [0.5, 0.6) is 0 Å². The van der Waals surface area contributed by atoms with Gasteiger partial charge in [-0.1, -0.05) is 18.2 Å². The monoisotopic (exact) mass is 370 g/mol. The van der Waals surface area contributed by atoms with Crippen LogP contribution >= 0.6 is 12.2 Å². The molecule has 2 rings (SSSR count). The maximum Gasteiger partial charge on any atom is 0.338 e. The van der Waals surface area contributed by atoms with Gasteiger partial charge in [0.1, 0.15) is 0 Å². The van der Waals surface area contributed by atoms with Gasteiger partial charge in [0.2, 0.25) is 0 Å². The molecule has 0 aliphatic rings. The molecule has 0 amide bonds. The van der Waals surface area contributed by atoms with Crippen LogP contribution in [0.15, 0.2) is 36.4 Å². The number of rotatable bonds is 5. The molecule has 1 atom stereocenters. The Balaban J connectivity index is 2.02. The van der Waals surface area contributed by atoms with Crippen LogP contribution in [0.2, 0.25) is 0 Å². The van der Waals surface area contributed by atoms with Crippen molar-refractivity contribution in [2.75, 3.05) is 11.9 Å². The lowest BCUT2D eigenvalue weighted by Gasteiger charge is -2.19.